The second-order valence-electron chi connectivity index (χ2n) is 5.51. The lowest BCUT2D eigenvalue weighted by Crippen LogP contribution is -2.24. The lowest BCUT2D eigenvalue weighted by atomic mass is 10.2. The summed E-state index contributed by atoms with van der Waals surface area (Å²) < 4.78 is 11.1. The second-order valence-corrected chi connectivity index (χ2v) is 5.51. The van der Waals surface area contributed by atoms with Crippen molar-refractivity contribution in [2.45, 2.75) is 20.4 Å². The van der Waals surface area contributed by atoms with Gasteiger partial charge in [-0.2, -0.15) is 5.26 Å². The minimum atomic E-state index is -0.440. The van der Waals surface area contributed by atoms with Gasteiger partial charge in [0, 0.05) is 24.5 Å². The van der Waals surface area contributed by atoms with Gasteiger partial charge in [0.2, 0.25) is 0 Å². The fourth-order valence-electron chi connectivity index (χ4n) is 2.32. The lowest BCUT2D eigenvalue weighted by Gasteiger charge is -2.12. The van der Waals surface area contributed by atoms with Crippen LogP contribution < -0.4 is 20.1 Å². The zero-order valence-electron chi connectivity index (χ0n) is 15.5. The highest BCUT2D eigenvalue weighted by Crippen LogP contribution is 2.30. The van der Waals surface area contributed by atoms with Crippen LogP contribution >= 0.6 is 0 Å². The van der Waals surface area contributed by atoms with Crippen LogP contribution in [0, 0.1) is 11.3 Å². The lowest BCUT2D eigenvalue weighted by molar-refractivity contribution is -0.117. The van der Waals surface area contributed by atoms with Gasteiger partial charge in [-0.15, -0.1) is 0 Å². The number of benzene rings is 2. The molecule has 140 valence electrons. The number of ether oxygens (including phenoxy) is 2. The molecule has 0 aliphatic carbocycles. The average molecular weight is 365 g/mol. The van der Waals surface area contributed by atoms with Gasteiger partial charge in [0.15, 0.2) is 11.5 Å². The Morgan fingerprint density at radius 2 is 1.78 bits per heavy atom. The number of hydrogen-bond acceptors (Lipinski definition) is 5. The van der Waals surface area contributed by atoms with Crippen molar-refractivity contribution >= 4 is 11.6 Å². The van der Waals surface area contributed by atoms with Gasteiger partial charge in [0.1, 0.15) is 11.6 Å². The third kappa shape index (κ3) is 6.08. The molecule has 0 aromatic heterocycles. The van der Waals surface area contributed by atoms with Gasteiger partial charge in [0.05, 0.1) is 13.2 Å². The maximum absolute atomic E-state index is 12.2. The number of nitriles is 1. The molecule has 0 fully saturated rings. The van der Waals surface area contributed by atoms with Crippen LogP contribution in [0.15, 0.2) is 60.3 Å². The summed E-state index contributed by atoms with van der Waals surface area (Å²) in [4.78, 5) is 12.2. The summed E-state index contributed by atoms with van der Waals surface area (Å²) in [6.07, 6.45) is 1.38. The number of nitrogens with one attached hydrogen (secondary N) is 2. The van der Waals surface area contributed by atoms with E-state index in [0.29, 0.717) is 36.9 Å². The number of anilines is 1. The summed E-state index contributed by atoms with van der Waals surface area (Å²) in [5, 5.41) is 15.0. The van der Waals surface area contributed by atoms with Crippen molar-refractivity contribution in [3.05, 3.63) is 65.9 Å². The van der Waals surface area contributed by atoms with Gasteiger partial charge in [-0.1, -0.05) is 30.3 Å². The molecule has 2 aromatic rings. The van der Waals surface area contributed by atoms with Crippen molar-refractivity contribution in [2.75, 3.05) is 18.5 Å². The van der Waals surface area contributed by atoms with E-state index in [1.807, 2.05) is 50.2 Å². The van der Waals surface area contributed by atoms with Gasteiger partial charge in [-0.25, -0.2) is 0 Å². The van der Waals surface area contributed by atoms with Crippen LogP contribution in [0.5, 0.6) is 11.5 Å². The van der Waals surface area contributed by atoms with E-state index in [0.717, 1.165) is 5.56 Å². The van der Waals surface area contributed by atoms with Crippen molar-refractivity contribution in [1.29, 1.82) is 5.26 Å². The summed E-state index contributed by atoms with van der Waals surface area (Å²) in [6.45, 7) is 5.19. The second kappa shape index (κ2) is 10.5. The number of rotatable bonds is 9. The molecule has 6 nitrogen and oxygen atoms in total. The first kappa shape index (κ1) is 19.9. The number of amides is 1. The minimum Gasteiger partial charge on any atom is -0.490 e. The van der Waals surface area contributed by atoms with Crippen LogP contribution in [-0.2, 0) is 11.3 Å². The van der Waals surface area contributed by atoms with Crippen LogP contribution in [-0.4, -0.2) is 19.1 Å². The Kier molecular flexibility index (Phi) is 7.73. The molecular formula is C21H23N3O3. The zero-order valence-corrected chi connectivity index (χ0v) is 15.5. The van der Waals surface area contributed by atoms with E-state index >= 15 is 0 Å². The van der Waals surface area contributed by atoms with Gasteiger partial charge in [-0.05, 0) is 31.5 Å². The molecule has 0 aliphatic rings. The summed E-state index contributed by atoms with van der Waals surface area (Å²) in [5.74, 6) is 0.810. The van der Waals surface area contributed by atoms with E-state index in [1.54, 1.807) is 18.2 Å². The first-order valence-electron chi connectivity index (χ1n) is 8.76. The van der Waals surface area contributed by atoms with Crippen molar-refractivity contribution in [3.63, 3.8) is 0 Å². The van der Waals surface area contributed by atoms with E-state index in [4.69, 9.17) is 9.47 Å². The van der Waals surface area contributed by atoms with Crippen LogP contribution in [0.2, 0.25) is 0 Å². The Morgan fingerprint density at radius 3 is 2.44 bits per heavy atom. The molecule has 0 aliphatic heterocycles. The molecule has 6 heteroatoms. The molecule has 0 saturated carbocycles. The Hall–Kier alpha value is -3.46. The monoisotopic (exact) mass is 365 g/mol. The predicted molar refractivity (Wildman–Crippen MR) is 104 cm³/mol. The highest BCUT2D eigenvalue weighted by atomic mass is 16.5. The molecule has 0 spiro atoms. The highest BCUT2D eigenvalue weighted by Gasteiger charge is 2.09. The zero-order chi connectivity index (χ0) is 19.5. The van der Waals surface area contributed by atoms with Gasteiger partial charge < -0.3 is 20.1 Å². The van der Waals surface area contributed by atoms with Crippen LogP contribution in [0.1, 0.15) is 19.4 Å². The Morgan fingerprint density at radius 1 is 1.07 bits per heavy atom. The Labute approximate surface area is 159 Å². The van der Waals surface area contributed by atoms with Crippen molar-refractivity contribution in [3.8, 4) is 17.6 Å². The smallest absolute Gasteiger partial charge is 0.263 e. The average Bonchev–Trinajstić information content (AvgIpc) is 2.70. The summed E-state index contributed by atoms with van der Waals surface area (Å²) in [5.41, 5.74) is 1.63. The number of nitrogens with zero attached hydrogens (tertiary/aromatic N) is 1. The van der Waals surface area contributed by atoms with Gasteiger partial charge >= 0.3 is 0 Å². The third-order valence-electron chi connectivity index (χ3n) is 3.59. The quantitative estimate of drug-likeness (QED) is 0.524. The molecule has 0 unspecified atom stereocenters. The fraction of sp³-hybridized carbons (Fsp3) is 0.238. The van der Waals surface area contributed by atoms with E-state index in [-0.39, 0.29) is 5.57 Å². The molecule has 1 amide bonds. The first-order chi connectivity index (χ1) is 13.2. The van der Waals surface area contributed by atoms with E-state index in [2.05, 4.69) is 10.6 Å². The maximum atomic E-state index is 12.2. The number of carbonyl (C=O) groups is 1. The highest BCUT2D eigenvalue weighted by molar-refractivity contribution is 5.97. The molecule has 2 aromatic carbocycles. The molecule has 0 saturated heterocycles. The van der Waals surface area contributed by atoms with Crippen LogP contribution in [0.25, 0.3) is 0 Å². The summed E-state index contributed by atoms with van der Waals surface area (Å²) in [6, 6.07) is 16.8. The van der Waals surface area contributed by atoms with E-state index in [1.165, 1.54) is 6.20 Å². The fourth-order valence-corrected chi connectivity index (χ4v) is 2.32. The summed E-state index contributed by atoms with van der Waals surface area (Å²) >= 11 is 0. The van der Waals surface area contributed by atoms with Crippen LogP contribution in [0.3, 0.4) is 0 Å². The third-order valence-corrected chi connectivity index (χ3v) is 3.59. The molecule has 2 N–H and O–H groups in total. The minimum absolute atomic E-state index is 0.0159. The van der Waals surface area contributed by atoms with Gasteiger partial charge in [0.25, 0.3) is 5.91 Å². The van der Waals surface area contributed by atoms with Crippen LogP contribution in [0.4, 0.5) is 5.69 Å². The Balaban J connectivity index is 2.04. The van der Waals surface area contributed by atoms with Crippen molar-refractivity contribution in [2.24, 2.45) is 0 Å². The molecule has 0 radical (unpaired) electrons. The van der Waals surface area contributed by atoms with Crippen molar-refractivity contribution in [1.82, 2.24) is 5.32 Å². The predicted octanol–water partition coefficient (Wildman–Crippen LogP) is 3.62. The Bertz CT molecular complexity index is 826. The normalized spacial score (nSPS) is 10.6. The first-order valence-corrected chi connectivity index (χ1v) is 8.76. The van der Waals surface area contributed by atoms with Gasteiger partial charge in [-0.3, -0.25) is 4.79 Å². The number of carbonyl (C=O) groups excluding carboxylic acids is 1. The molecule has 0 atom stereocenters. The summed E-state index contributed by atoms with van der Waals surface area (Å²) in [7, 11) is 0. The topological polar surface area (TPSA) is 83.4 Å². The van der Waals surface area contributed by atoms with Crippen molar-refractivity contribution < 1.29 is 14.3 Å². The standard InChI is InChI=1S/C21H23N3O3/c1-3-26-19-11-10-18(12-20(19)27-4-2)23-15-17(13-22)21(25)24-14-16-8-6-5-7-9-16/h5-12,15,23H,3-4,14H2,1-2H3,(H,24,25)/b17-15-. The maximum Gasteiger partial charge on any atom is 0.263 e. The number of hydrogen-bond donors (Lipinski definition) is 2. The van der Waals surface area contributed by atoms with E-state index < -0.39 is 5.91 Å². The van der Waals surface area contributed by atoms with E-state index in [9.17, 15) is 10.1 Å². The molecule has 27 heavy (non-hydrogen) atoms. The molecule has 0 heterocycles. The molecule has 0 bridgehead atoms. The molecule has 2 rings (SSSR count). The molecular weight excluding hydrogens is 342 g/mol. The largest absolute Gasteiger partial charge is 0.490 e. The SMILES string of the molecule is CCOc1ccc(N/C=C(/C#N)C(=O)NCc2ccccc2)cc1OCC.